The summed E-state index contributed by atoms with van der Waals surface area (Å²) >= 11 is 11.8. The maximum absolute atomic E-state index is 12.2. The summed E-state index contributed by atoms with van der Waals surface area (Å²) in [5, 5.41) is 0.864. The van der Waals surface area contributed by atoms with E-state index in [-0.39, 0.29) is 23.8 Å². The molecule has 0 saturated heterocycles. The molecule has 0 fully saturated rings. The minimum absolute atomic E-state index is 0.0765. The Morgan fingerprint density at radius 3 is 2.66 bits per heavy atom. The Morgan fingerprint density at radius 1 is 1.16 bits per heavy atom. The number of hydrogen-bond acceptors (Lipinski definition) is 6. The summed E-state index contributed by atoms with van der Waals surface area (Å²) in [4.78, 5) is 28.4. The lowest BCUT2D eigenvalue weighted by Crippen LogP contribution is -2.45. The first kappa shape index (κ1) is 23.8. The van der Waals surface area contributed by atoms with Gasteiger partial charge >= 0.3 is 0 Å². The molecule has 9 nitrogen and oxygen atoms in total. The van der Waals surface area contributed by atoms with Crippen molar-refractivity contribution in [2.24, 2.45) is 4.99 Å². The average Bonchev–Trinajstić information content (AvgIpc) is 3.00. The van der Waals surface area contributed by atoms with Crippen molar-refractivity contribution in [1.29, 1.82) is 0 Å². The summed E-state index contributed by atoms with van der Waals surface area (Å²) in [6.45, 7) is 1.72. The van der Waals surface area contributed by atoms with E-state index in [0.29, 0.717) is 27.8 Å². The van der Waals surface area contributed by atoms with Gasteiger partial charge in [0, 0.05) is 17.0 Å². The van der Waals surface area contributed by atoms with E-state index in [1.807, 2.05) is 0 Å². The van der Waals surface area contributed by atoms with Crippen LogP contribution >= 0.6 is 23.2 Å². The highest BCUT2D eigenvalue weighted by molar-refractivity contribution is 7.90. The lowest BCUT2D eigenvalue weighted by molar-refractivity contribution is -0.129. The molecule has 32 heavy (non-hydrogen) atoms. The molecule has 170 valence electrons. The number of halogens is 2. The Labute approximate surface area is 195 Å². The van der Waals surface area contributed by atoms with Crippen LogP contribution in [0.4, 0.5) is 0 Å². The van der Waals surface area contributed by atoms with E-state index in [2.05, 4.69) is 20.6 Å². The Balaban J connectivity index is 1.44. The number of nitrogens with one attached hydrogen (secondary N) is 3. The highest BCUT2D eigenvalue weighted by Gasteiger charge is 2.31. The molecule has 2 aromatic rings. The Hall–Kier alpha value is -2.82. The van der Waals surface area contributed by atoms with E-state index >= 15 is 0 Å². The second-order valence-electron chi connectivity index (χ2n) is 6.82. The number of rotatable bonds is 7. The first-order valence-corrected chi connectivity index (χ1v) is 11.8. The number of aliphatic imine (C=N–C) groups is 1. The van der Waals surface area contributed by atoms with Gasteiger partial charge in [-0.15, -0.1) is 0 Å². The SMILES string of the molecule is C[C@H](N=C1NS(=O)(=O)c2ccccc21)C(=O)NNC(=O)CCCOc1ccc(Cl)cc1Cl. The van der Waals surface area contributed by atoms with Crippen LogP contribution in [-0.4, -0.2) is 38.7 Å². The number of benzene rings is 2. The molecule has 1 aliphatic rings. The van der Waals surface area contributed by atoms with Gasteiger partial charge in [0.05, 0.1) is 16.5 Å². The third-order valence-corrected chi connectivity index (χ3v) is 6.32. The topological polar surface area (TPSA) is 126 Å². The van der Waals surface area contributed by atoms with Gasteiger partial charge < -0.3 is 4.74 Å². The normalized spacial score (nSPS) is 16.0. The van der Waals surface area contributed by atoms with Crippen molar-refractivity contribution in [2.75, 3.05) is 6.61 Å². The lowest BCUT2D eigenvalue weighted by atomic mass is 10.2. The fraction of sp³-hybridized carbons (Fsp3) is 0.250. The molecule has 0 radical (unpaired) electrons. The molecule has 1 heterocycles. The molecular formula is C20H20Cl2N4O5S. The largest absolute Gasteiger partial charge is 0.492 e. The molecule has 0 aliphatic carbocycles. The van der Waals surface area contributed by atoms with Crippen LogP contribution in [0.1, 0.15) is 25.3 Å². The van der Waals surface area contributed by atoms with E-state index in [9.17, 15) is 18.0 Å². The summed E-state index contributed by atoms with van der Waals surface area (Å²) in [6, 6.07) is 10.2. The molecule has 0 saturated carbocycles. The molecule has 1 aliphatic heterocycles. The van der Waals surface area contributed by atoms with E-state index in [1.165, 1.54) is 13.0 Å². The average molecular weight is 499 g/mol. The maximum atomic E-state index is 12.2. The van der Waals surface area contributed by atoms with Crippen LogP contribution in [-0.2, 0) is 19.6 Å². The molecule has 2 amide bonds. The number of carbonyl (C=O) groups excluding carboxylic acids is 2. The Kier molecular flexibility index (Phi) is 7.60. The molecule has 2 aromatic carbocycles. The van der Waals surface area contributed by atoms with Crippen molar-refractivity contribution in [3.63, 3.8) is 0 Å². The summed E-state index contributed by atoms with van der Waals surface area (Å²) in [5.74, 6) is -0.482. The highest BCUT2D eigenvalue weighted by Crippen LogP contribution is 2.27. The fourth-order valence-corrected chi connectivity index (χ4v) is 4.49. The van der Waals surface area contributed by atoms with Crippen LogP contribution in [0.15, 0.2) is 52.4 Å². The molecule has 1 atom stereocenters. The van der Waals surface area contributed by atoms with Crippen molar-refractivity contribution in [3.8, 4) is 5.75 Å². The predicted molar refractivity (Wildman–Crippen MR) is 120 cm³/mol. The van der Waals surface area contributed by atoms with Gasteiger partial charge in [0.2, 0.25) is 5.91 Å². The molecular weight excluding hydrogens is 479 g/mol. The molecule has 0 bridgehead atoms. The minimum Gasteiger partial charge on any atom is -0.492 e. The Morgan fingerprint density at radius 2 is 1.91 bits per heavy atom. The first-order valence-electron chi connectivity index (χ1n) is 9.54. The third-order valence-electron chi connectivity index (χ3n) is 4.39. The fourth-order valence-electron chi connectivity index (χ4n) is 2.79. The lowest BCUT2D eigenvalue weighted by Gasteiger charge is -2.11. The van der Waals surface area contributed by atoms with Crippen LogP contribution in [0, 0.1) is 0 Å². The van der Waals surface area contributed by atoms with Crippen LogP contribution in [0.5, 0.6) is 5.75 Å². The first-order chi connectivity index (χ1) is 15.2. The van der Waals surface area contributed by atoms with Gasteiger partial charge in [-0.1, -0.05) is 35.3 Å². The number of sulfonamides is 1. The minimum atomic E-state index is -3.70. The van der Waals surface area contributed by atoms with Gasteiger partial charge in [-0.05, 0) is 43.7 Å². The van der Waals surface area contributed by atoms with Crippen molar-refractivity contribution >= 4 is 50.9 Å². The van der Waals surface area contributed by atoms with E-state index < -0.39 is 27.9 Å². The molecule has 0 aromatic heterocycles. The van der Waals surface area contributed by atoms with E-state index in [4.69, 9.17) is 27.9 Å². The van der Waals surface area contributed by atoms with E-state index in [0.717, 1.165) is 0 Å². The van der Waals surface area contributed by atoms with Crippen molar-refractivity contribution in [2.45, 2.75) is 30.7 Å². The zero-order chi connectivity index (χ0) is 23.3. The van der Waals surface area contributed by atoms with Crippen LogP contribution in [0.2, 0.25) is 10.0 Å². The second-order valence-corrected chi connectivity index (χ2v) is 9.31. The maximum Gasteiger partial charge on any atom is 0.263 e. The summed E-state index contributed by atoms with van der Waals surface area (Å²) in [6.07, 6.45) is 0.485. The van der Waals surface area contributed by atoms with Crippen LogP contribution in [0.25, 0.3) is 0 Å². The number of nitrogens with zero attached hydrogens (tertiary/aromatic N) is 1. The number of carbonyl (C=O) groups is 2. The molecule has 0 unspecified atom stereocenters. The number of hydrogen-bond donors (Lipinski definition) is 3. The van der Waals surface area contributed by atoms with E-state index in [1.54, 1.807) is 36.4 Å². The number of ether oxygens (including phenoxy) is 1. The monoisotopic (exact) mass is 498 g/mol. The van der Waals surface area contributed by atoms with Crippen LogP contribution < -0.4 is 20.3 Å². The second kappa shape index (κ2) is 10.2. The molecule has 3 N–H and O–H groups in total. The molecule has 0 spiro atoms. The quantitative estimate of drug-likeness (QED) is 0.399. The van der Waals surface area contributed by atoms with Crippen molar-refractivity contribution in [1.82, 2.24) is 15.6 Å². The van der Waals surface area contributed by atoms with Gasteiger partial charge in [0.15, 0.2) is 0 Å². The standard InChI is InChI=1S/C20H20Cl2N4O5S/c1-12(23-19-14-5-2-3-6-17(14)32(29,30)26-19)20(28)25-24-18(27)7-4-10-31-16-9-8-13(21)11-15(16)22/h2-3,5-6,8-9,11-12H,4,7,10H2,1H3,(H,23,26)(H,24,27)(H,25,28)/t12-/m0/s1. The summed E-state index contributed by atoms with van der Waals surface area (Å²) in [7, 11) is -3.70. The number of amidine groups is 1. The number of fused-ring (bicyclic) bond motifs is 1. The summed E-state index contributed by atoms with van der Waals surface area (Å²) in [5.41, 5.74) is 4.96. The smallest absolute Gasteiger partial charge is 0.263 e. The van der Waals surface area contributed by atoms with Crippen molar-refractivity contribution < 1.29 is 22.7 Å². The zero-order valence-corrected chi connectivity index (χ0v) is 19.2. The Bertz CT molecular complexity index is 1170. The zero-order valence-electron chi connectivity index (χ0n) is 16.9. The van der Waals surface area contributed by atoms with Gasteiger partial charge in [0.1, 0.15) is 17.6 Å². The van der Waals surface area contributed by atoms with Gasteiger partial charge in [-0.2, -0.15) is 0 Å². The number of amides is 2. The summed E-state index contributed by atoms with van der Waals surface area (Å²) < 4.78 is 32.0. The van der Waals surface area contributed by atoms with Gasteiger partial charge in [-0.3, -0.25) is 30.2 Å². The van der Waals surface area contributed by atoms with Gasteiger partial charge in [0.25, 0.3) is 15.9 Å². The third kappa shape index (κ3) is 5.90. The van der Waals surface area contributed by atoms with Gasteiger partial charge in [-0.25, -0.2) is 8.42 Å². The molecule has 3 rings (SSSR count). The molecule has 12 heteroatoms. The van der Waals surface area contributed by atoms with Crippen LogP contribution in [0.3, 0.4) is 0 Å². The predicted octanol–water partition coefficient (Wildman–Crippen LogP) is 2.43. The number of hydrazine groups is 1. The van der Waals surface area contributed by atoms with Crippen molar-refractivity contribution in [3.05, 3.63) is 58.1 Å². The highest BCUT2D eigenvalue weighted by atomic mass is 35.5.